The van der Waals surface area contributed by atoms with Crippen molar-refractivity contribution in [2.45, 2.75) is 4.90 Å². The molecule has 0 spiro atoms. The summed E-state index contributed by atoms with van der Waals surface area (Å²) in [5.74, 6) is -0.741. The molecule has 1 heterocycles. The molecule has 2 aromatic rings. The van der Waals surface area contributed by atoms with Gasteiger partial charge < -0.3 is 19.1 Å². The number of carbonyl (C=O) groups excluding carboxylic acids is 2. The third kappa shape index (κ3) is 4.80. The van der Waals surface area contributed by atoms with Gasteiger partial charge in [0.2, 0.25) is 10.0 Å². The average Bonchev–Trinajstić information content (AvgIpc) is 2.82. The minimum atomic E-state index is -3.94. The monoisotopic (exact) mass is 448 g/mol. The second-order valence-corrected chi connectivity index (χ2v) is 8.76. The van der Waals surface area contributed by atoms with Crippen LogP contribution in [0.1, 0.15) is 20.7 Å². The Hall–Kier alpha value is -3.11. The molecule has 0 unspecified atom stereocenters. The summed E-state index contributed by atoms with van der Waals surface area (Å²) in [6.07, 6.45) is 0. The molecule has 31 heavy (non-hydrogen) atoms. The number of rotatable bonds is 6. The molecule has 9 nitrogen and oxygen atoms in total. The SMILES string of the molecule is COC(=O)c1cc(C(=O)OC)cc(S(=O)(=O)N2CCN(c3ccc(OC)cc3)CC2)c1. The average molecular weight is 448 g/mol. The van der Waals surface area contributed by atoms with Gasteiger partial charge in [0, 0.05) is 31.9 Å². The molecule has 3 rings (SSSR count). The van der Waals surface area contributed by atoms with Gasteiger partial charge in [-0.15, -0.1) is 0 Å². The van der Waals surface area contributed by atoms with Crippen LogP contribution in [0.15, 0.2) is 47.4 Å². The molecule has 2 aromatic carbocycles. The van der Waals surface area contributed by atoms with E-state index in [1.807, 2.05) is 24.3 Å². The number of carbonyl (C=O) groups is 2. The van der Waals surface area contributed by atoms with Crippen molar-refractivity contribution >= 4 is 27.6 Å². The van der Waals surface area contributed by atoms with Gasteiger partial charge in [0.15, 0.2) is 0 Å². The van der Waals surface area contributed by atoms with Crippen LogP contribution in [-0.4, -0.2) is 72.2 Å². The highest BCUT2D eigenvalue weighted by molar-refractivity contribution is 7.89. The number of sulfonamides is 1. The molecule has 0 atom stereocenters. The normalized spacial score (nSPS) is 14.7. The minimum Gasteiger partial charge on any atom is -0.497 e. The molecule has 0 bridgehead atoms. The number of esters is 2. The first kappa shape index (κ1) is 22.6. The van der Waals surface area contributed by atoms with Gasteiger partial charge >= 0.3 is 11.9 Å². The van der Waals surface area contributed by atoms with Gasteiger partial charge in [0.25, 0.3) is 0 Å². The predicted octanol–water partition coefficient (Wildman–Crippen LogP) is 1.78. The molecule has 166 valence electrons. The summed E-state index contributed by atoms with van der Waals surface area (Å²) in [6.45, 7) is 1.49. The van der Waals surface area contributed by atoms with E-state index in [1.54, 1.807) is 7.11 Å². The van der Waals surface area contributed by atoms with Crippen molar-refractivity contribution in [3.05, 3.63) is 53.6 Å². The third-order valence-corrected chi connectivity index (χ3v) is 6.94. The first-order valence-corrected chi connectivity index (χ1v) is 10.9. The van der Waals surface area contributed by atoms with Crippen LogP contribution in [0.4, 0.5) is 5.69 Å². The fourth-order valence-corrected chi connectivity index (χ4v) is 4.84. The van der Waals surface area contributed by atoms with E-state index in [2.05, 4.69) is 14.4 Å². The zero-order chi connectivity index (χ0) is 22.6. The number of ether oxygens (including phenoxy) is 3. The molecular weight excluding hydrogens is 424 g/mol. The lowest BCUT2D eigenvalue weighted by Crippen LogP contribution is -2.48. The van der Waals surface area contributed by atoms with E-state index in [1.165, 1.54) is 36.7 Å². The molecule has 0 saturated carbocycles. The zero-order valence-corrected chi connectivity index (χ0v) is 18.3. The number of methoxy groups -OCH3 is 3. The first-order valence-electron chi connectivity index (χ1n) is 9.51. The number of hydrogen-bond donors (Lipinski definition) is 0. The standard InChI is InChI=1S/C21H24N2O7S/c1-28-18-6-4-17(5-7-18)22-8-10-23(11-9-22)31(26,27)19-13-15(20(24)29-2)12-16(14-19)21(25)30-3/h4-7,12-14H,8-11H2,1-3H3. The van der Waals surface area contributed by atoms with E-state index in [4.69, 9.17) is 4.74 Å². The second kappa shape index (κ2) is 9.36. The maximum Gasteiger partial charge on any atom is 0.337 e. The Morgan fingerprint density at radius 1 is 0.806 bits per heavy atom. The lowest BCUT2D eigenvalue weighted by atomic mass is 10.1. The van der Waals surface area contributed by atoms with Crippen LogP contribution in [0.2, 0.25) is 0 Å². The van der Waals surface area contributed by atoms with Crippen molar-refractivity contribution < 1.29 is 32.2 Å². The zero-order valence-electron chi connectivity index (χ0n) is 17.5. The number of benzene rings is 2. The van der Waals surface area contributed by atoms with Crippen LogP contribution in [0.3, 0.4) is 0 Å². The van der Waals surface area contributed by atoms with Crippen LogP contribution < -0.4 is 9.64 Å². The van der Waals surface area contributed by atoms with E-state index >= 15 is 0 Å². The second-order valence-electron chi connectivity index (χ2n) is 6.82. The van der Waals surface area contributed by atoms with Crippen molar-refractivity contribution in [3.8, 4) is 5.75 Å². The summed E-state index contributed by atoms with van der Waals surface area (Å²) in [6, 6.07) is 11.2. The van der Waals surface area contributed by atoms with Crippen molar-refractivity contribution in [3.63, 3.8) is 0 Å². The van der Waals surface area contributed by atoms with Gasteiger partial charge in [-0.05, 0) is 42.5 Å². The quantitative estimate of drug-likeness (QED) is 0.617. The van der Waals surface area contributed by atoms with Gasteiger partial charge in [-0.25, -0.2) is 18.0 Å². The highest BCUT2D eigenvalue weighted by Gasteiger charge is 2.30. The Balaban J connectivity index is 1.83. The molecule has 1 aliphatic heterocycles. The number of hydrogen-bond acceptors (Lipinski definition) is 8. The Kier molecular flexibility index (Phi) is 6.81. The van der Waals surface area contributed by atoms with Gasteiger partial charge in [0.05, 0.1) is 37.4 Å². The summed E-state index contributed by atoms with van der Waals surface area (Å²) >= 11 is 0. The van der Waals surface area contributed by atoms with Crippen LogP contribution in [-0.2, 0) is 19.5 Å². The summed E-state index contributed by atoms with van der Waals surface area (Å²) in [7, 11) is 0.0215. The minimum absolute atomic E-state index is 0.0409. The predicted molar refractivity (Wildman–Crippen MR) is 113 cm³/mol. The smallest absolute Gasteiger partial charge is 0.337 e. The van der Waals surface area contributed by atoms with E-state index in [0.29, 0.717) is 13.1 Å². The van der Waals surface area contributed by atoms with Crippen molar-refractivity contribution in [1.82, 2.24) is 4.31 Å². The van der Waals surface area contributed by atoms with Crippen LogP contribution in [0.5, 0.6) is 5.75 Å². The van der Waals surface area contributed by atoms with E-state index < -0.39 is 22.0 Å². The molecule has 0 N–H and O–H groups in total. The van der Waals surface area contributed by atoms with Gasteiger partial charge in [0.1, 0.15) is 5.75 Å². The fraction of sp³-hybridized carbons (Fsp3) is 0.333. The lowest BCUT2D eigenvalue weighted by Gasteiger charge is -2.35. The molecule has 1 aliphatic rings. The van der Waals surface area contributed by atoms with E-state index in [0.717, 1.165) is 11.4 Å². The summed E-state index contributed by atoms with van der Waals surface area (Å²) in [4.78, 5) is 25.9. The van der Waals surface area contributed by atoms with E-state index in [-0.39, 0.29) is 29.1 Å². The molecule has 0 radical (unpaired) electrons. The summed E-state index contributed by atoms with van der Waals surface area (Å²) in [5, 5.41) is 0. The molecule has 0 aromatic heterocycles. The maximum absolute atomic E-state index is 13.2. The maximum atomic E-state index is 13.2. The Morgan fingerprint density at radius 2 is 1.32 bits per heavy atom. The van der Waals surface area contributed by atoms with Gasteiger partial charge in [-0.1, -0.05) is 0 Å². The molecule has 1 fully saturated rings. The van der Waals surface area contributed by atoms with Gasteiger partial charge in [-0.2, -0.15) is 4.31 Å². The van der Waals surface area contributed by atoms with Crippen molar-refractivity contribution in [1.29, 1.82) is 0 Å². The number of anilines is 1. The Labute approximate surface area is 181 Å². The van der Waals surface area contributed by atoms with E-state index in [9.17, 15) is 18.0 Å². The fourth-order valence-electron chi connectivity index (χ4n) is 3.35. The van der Waals surface area contributed by atoms with Crippen LogP contribution in [0, 0.1) is 0 Å². The molecule has 10 heteroatoms. The summed E-state index contributed by atoms with van der Waals surface area (Å²) < 4.78 is 42.3. The van der Waals surface area contributed by atoms with Crippen molar-refractivity contribution in [2.75, 3.05) is 52.4 Å². The highest BCUT2D eigenvalue weighted by Crippen LogP contribution is 2.25. The first-order chi connectivity index (χ1) is 14.8. The Bertz CT molecular complexity index is 1030. The largest absolute Gasteiger partial charge is 0.497 e. The molecule has 0 amide bonds. The van der Waals surface area contributed by atoms with Crippen molar-refractivity contribution in [2.24, 2.45) is 0 Å². The number of nitrogens with zero attached hydrogens (tertiary/aromatic N) is 2. The third-order valence-electron chi connectivity index (χ3n) is 5.06. The van der Waals surface area contributed by atoms with Crippen LogP contribution in [0.25, 0.3) is 0 Å². The number of piperazine rings is 1. The highest BCUT2D eigenvalue weighted by atomic mass is 32.2. The lowest BCUT2D eigenvalue weighted by molar-refractivity contribution is 0.0598. The molecular formula is C21H24N2O7S. The molecule has 0 aliphatic carbocycles. The topological polar surface area (TPSA) is 102 Å². The van der Waals surface area contributed by atoms with Gasteiger partial charge in [-0.3, -0.25) is 0 Å². The van der Waals surface area contributed by atoms with Crippen LogP contribution >= 0.6 is 0 Å². The Morgan fingerprint density at radius 3 is 1.77 bits per heavy atom. The molecule has 1 saturated heterocycles. The summed E-state index contributed by atoms with van der Waals surface area (Å²) in [5.41, 5.74) is 0.889.